The van der Waals surface area contributed by atoms with Crippen molar-refractivity contribution in [3.05, 3.63) is 42.5 Å². The standard InChI is InChI=1S/C9H10Te/c1-8(7-10)9-5-3-2-4-6-9/h2-6,10H,1,7H2. The molecule has 0 unspecified atom stereocenters. The average Bonchev–Trinajstić information content (AvgIpc) is 2.05. The monoisotopic (exact) mass is 248 g/mol. The van der Waals surface area contributed by atoms with Crippen molar-refractivity contribution in [2.45, 2.75) is 4.47 Å². The van der Waals surface area contributed by atoms with E-state index in [4.69, 9.17) is 0 Å². The molecule has 0 aromatic heterocycles. The van der Waals surface area contributed by atoms with Crippen molar-refractivity contribution >= 4 is 27.9 Å². The van der Waals surface area contributed by atoms with Gasteiger partial charge in [0, 0.05) is 0 Å². The van der Waals surface area contributed by atoms with Gasteiger partial charge in [0.05, 0.1) is 0 Å². The third-order valence-electron chi connectivity index (χ3n) is 1.37. The van der Waals surface area contributed by atoms with Gasteiger partial charge in [0.15, 0.2) is 0 Å². The maximum absolute atomic E-state index is 3.96. The molecule has 0 saturated heterocycles. The molecule has 0 bridgehead atoms. The van der Waals surface area contributed by atoms with Crippen LogP contribution < -0.4 is 0 Å². The molecule has 1 aromatic rings. The second kappa shape index (κ2) is 3.81. The van der Waals surface area contributed by atoms with E-state index in [0.717, 1.165) is 4.47 Å². The molecule has 0 atom stereocenters. The molecular weight excluding hydrogens is 236 g/mol. The van der Waals surface area contributed by atoms with Gasteiger partial charge in [-0.15, -0.1) is 0 Å². The van der Waals surface area contributed by atoms with Crippen LogP contribution in [0.5, 0.6) is 0 Å². The topological polar surface area (TPSA) is 0 Å². The fourth-order valence-corrected chi connectivity index (χ4v) is 1.29. The summed E-state index contributed by atoms with van der Waals surface area (Å²) in [5, 5.41) is 0. The van der Waals surface area contributed by atoms with Crippen LogP contribution in [-0.2, 0) is 0 Å². The zero-order valence-electron chi connectivity index (χ0n) is 5.75. The zero-order valence-corrected chi connectivity index (χ0v) is 8.30. The predicted octanol–water partition coefficient (Wildman–Crippen LogP) is 2.02. The molecule has 1 aromatic carbocycles. The minimum absolute atomic E-state index is 1.08. The summed E-state index contributed by atoms with van der Waals surface area (Å²) in [6.07, 6.45) is 0. The third-order valence-corrected chi connectivity index (χ3v) is 2.46. The Balaban J connectivity index is 2.85. The minimum atomic E-state index is 1.08. The van der Waals surface area contributed by atoms with E-state index in [9.17, 15) is 0 Å². The molecular formula is C9H10Te. The van der Waals surface area contributed by atoms with E-state index in [-0.39, 0.29) is 0 Å². The molecule has 52 valence electrons. The van der Waals surface area contributed by atoms with Crippen molar-refractivity contribution in [3.63, 3.8) is 0 Å². The summed E-state index contributed by atoms with van der Waals surface area (Å²) in [5.74, 6) is 0. The summed E-state index contributed by atoms with van der Waals surface area (Å²) in [6, 6.07) is 10.3. The van der Waals surface area contributed by atoms with Crippen LogP contribution in [0.2, 0.25) is 4.47 Å². The van der Waals surface area contributed by atoms with Gasteiger partial charge in [-0.25, -0.2) is 0 Å². The molecule has 0 aliphatic rings. The SMILES string of the molecule is C=C(C[TeH])c1ccccc1. The van der Waals surface area contributed by atoms with Crippen molar-refractivity contribution in [2.75, 3.05) is 0 Å². The Labute approximate surface area is 74.9 Å². The van der Waals surface area contributed by atoms with E-state index in [2.05, 4.69) is 18.7 Å². The van der Waals surface area contributed by atoms with E-state index >= 15 is 0 Å². The first-order valence-corrected chi connectivity index (χ1v) is 4.99. The zero-order chi connectivity index (χ0) is 7.40. The number of allylic oxidation sites excluding steroid dienone is 1. The first-order chi connectivity index (χ1) is 4.84. The molecule has 0 heterocycles. The molecule has 0 aliphatic carbocycles. The van der Waals surface area contributed by atoms with Gasteiger partial charge in [0.2, 0.25) is 0 Å². The number of hydrogen-bond acceptors (Lipinski definition) is 0. The molecule has 0 aliphatic heterocycles. The third kappa shape index (κ3) is 1.87. The van der Waals surface area contributed by atoms with Crippen molar-refractivity contribution in [2.24, 2.45) is 0 Å². The van der Waals surface area contributed by atoms with Gasteiger partial charge in [-0.05, 0) is 0 Å². The Kier molecular flexibility index (Phi) is 2.99. The van der Waals surface area contributed by atoms with Crippen LogP contribution in [0.4, 0.5) is 0 Å². The van der Waals surface area contributed by atoms with Gasteiger partial charge in [0.1, 0.15) is 0 Å². The van der Waals surface area contributed by atoms with E-state index in [0.29, 0.717) is 0 Å². The van der Waals surface area contributed by atoms with Crippen LogP contribution in [0.3, 0.4) is 0 Å². The van der Waals surface area contributed by atoms with Crippen LogP contribution in [0.25, 0.3) is 5.57 Å². The summed E-state index contributed by atoms with van der Waals surface area (Å²) in [6.45, 7) is 3.96. The summed E-state index contributed by atoms with van der Waals surface area (Å²) >= 11 is 1.79. The van der Waals surface area contributed by atoms with Crippen LogP contribution in [0, 0.1) is 0 Å². The molecule has 0 nitrogen and oxygen atoms in total. The summed E-state index contributed by atoms with van der Waals surface area (Å²) in [4.78, 5) is 0. The Morgan fingerprint density at radius 2 is 1.90 bits per heavy atom. The molecule has 0 amide bonds. The average molecular weight is 246 g/mol. The second-order valence-corrected chi connectivity index (χ2v) is 3.03. The quantitative estimate of drug-likeness (QED) is 0.700. The molecule has 0 radical (unpaired) electrons. The molecule has 0 N–H and O–H groups in total. The van der Waals surface area contributed by atoms with Gasteiger partial charge in [0.25, 0.3) is 0 Å². The van der Waals surface area contributed by atoms with Crippen LogP contribution in [0.15, 0.2) is 36.9 Å². The molecule has 0 fully saturated rings. The fourth-order valence-electron chi connectivity index (χ4n) is 0.765. The van der Waals surface area contributed by atoms with Crippen LogP contribution >= 0.6 is 0 Å². The van der Waals surface area contributed by atoms with Gasteiger partial charge in [-0.3, -0.25) is 0 Å². The number of benzene rings is 1. The summed E-state index contributed by atoms with van der Waals surface area (Å²) < 4.78 is 1.08. The second-order valence-electron chi connectivity index (χ2n) is 2.13. The van der Waals surface area contributed by atoms with Gasteiger partial charge >= 0.3 is 74.8 Å². The Morgan fingerprint density at radius 1 is 1.30 bits per heavy atom. The Bertz CT molecular complexity index is 213. The van der Waals surface area contributed by atoms with E-state index < -0.39 is 0 Å². The molecule has 0 saturated carbocycles. The number of hydrogen-bond donors (Lipinski definition) is 0. The van der Waals surface area contributed by atoms with Crippen LogP contribution in [-0.4, -0.2) is 22.3 Å². The van der Waals surface area contributed by atoms with Crippen molar-refractivity contribution < 1.29 is 0 Å². The fraction of sp³-hybridized carbons (Fsp3) is 0.111. The number of rotatable bonds is 2. The summed E-state index contributed by atoms with van der Waals surface area (Å²) in [7, 11) is 0. The molecule has 1 heteroatoms. The van der Waals surface area contributed by atoms with E-state index in [1.165, 1.54) is 11.1 Å². The maximum atomic E-state index is 3.96. The van der Waals surface area contributed by atoms with Gasteiger partial charge in [-0.2, -0.15) is 0 Å². The van der Waals surface area contributed by atoms with E-state index in [1.807, 2.05) is 18.2 Å². The van der Waals surface area contributed by atoms with Crippen molar-refractivity contribution in [1.29, 1.82) is 0 Å². The Hall–Kier alpha value is -0.250. The van der Waals surface area contributed by atoms with E-state index in [1.54, 1.807) is 22.3 Å². The van der Waals surface area contributed by atoms with Crippen LogP contribution in [0.1, 0.15) is 5.56 Å². The predicted molar refractivity (Wildman–Crippen MR) is 47.4 cm³/mol. The summed E-state index contributed by atoms with van der Waals surface area (Å²) in [5.41, 5.74) is 2.50. The molecule has 0 spiro atoms. The van der Waals surface area contributed by atoms with Crippen molar-refractivity contribution in [3.8, 4) is 0 Å². The van der Waals surface area contributed by atoms with Crippen molar-refractivity contribution in [1.82, 2.24) is 0 Å². The molecule has 1 rings (SSSR count). The normalized spacial score (nSPS) is 9.30. The Morgan fingerprint density at radius 3 is 2.40 bits per heavy atom. The van der Waals surface area contributed by atoms with Gasteiger partial charge < -0.3 is 0 Å². The first-order valence-electron chi connectivity index (χ1n) is 3.18. The van der Waals surface area contributed by atoms with Gasteiger partial charge in [-0.1, -0.05) is 0 Å². The molecule has 10 heavy (non-hydrogen) atoms. The first kappa shape index (κ1) is 7.85.